The van der Waals surface area contributed by atoms with E-state index in [9.17, 15) is 32.0 Å². The number of piperidine rings is 1. The van der Waals surface area contributed by atoms with Crippen molar-refractivity contribution in [1.29, 1.82) is 5.26 Å². The molecule has 0 aliphatic carbocycles. The van der Waals surface area contributed by atoms with Crippen LogP contribution in [0.4, 0.5) is 14.5 Å². The summed E-state index contributed by atoms with van der Waals surface area (Å²) < 4.78 is 60.8. The lowest BCUT2D eigenvalue weighted by molar-refractivity contribution is 0.0743. The first-order valence-corrected chi connectivity index (χ1v) is 17.9. The van der Waals surface area contributed by atoms with Gasteiger partial charge in [0.05, 0.1) is 35.3 Å². The summed E-state index contributed by atoms with van der Waals surface area (Å²) in [7, 11) is -2.56. The number of alkyl halides is 1. The number of carbonyl (C=O) groups is 2. The number of likely N-dealkylation sites (tertiary alicyclic amines) is 1. The molecule has 0 unspecified atom stereocenters. The molecule has 1 fully saturated rings. The number of furan rings is 1. The summed E-state index contributed by atoms with van der Waals surface area (Å²) >= 11 is 0. The van der Waals surface area contributed by atoms with E-state index in [4.69, 9.17) is 4.42 Å². The molecule has 2 aromatic heterocycles. The SMILES string of the molecule is CNC(=O)c1c(-c2ccc(F)cc2)oc2cc(N(CCF)S(C)(=O)=O)c(-c3cccc(C(=O)N4CCC(=C(C#N)c5ccccn5)CC4)c3)cc12.[HH]. The molecule has 1 saturated heterocycles. The first-order chi connectivity index (χ1) is 24.5. The summed E-state index contributed by atoms with van der Waals surface area (Å²) in [5, 5.41) is 12.8. The number of halogens is 2. The lowest BCUT2D eigenvalue weighted by Gasteiger charge is -2.29. The summed E-state index contributed by atoms with van der Waals surface area (Å²) in [5.74, 6) is -1.11. The van der Waals surface area contributed by atoms with Gasteiger partial charge in [0.1, 0.15) is 29.9 Å². The largest absolute Gasteiger partial charge is 0.455 e. The van der Waals surface area contributed by atoms with Crippen LogP contribution in [0, 0.1) is 17.1 Å². The summed E-state index contributed by atoms with van der Waals surface area (Å²) in [6, 6.07) is 22.7. The third-order valence-electron chi connectivity index (χ3n) is 8.78. The smallest absolute Gasteiger partial charge is 0.255 e. The number of nitrogens with one attached hydrogen (secondary N) is 1. The van der Waals surface area contributed by atoms with Crippen molar-refractivity contribution in [3.8, 4) is 28.5 Å². The highest BCUT2D eigenvalue weighted by Gasteiger charge is 2.28. The number of hydrogen-bond acceptors (Lipinski definition) is 7. The molecular formula is C38H35F2N5O5S. The lowest BCUT2D eigenvalue weighted by atomic mass is 9.95. The molecule has 3 heterocycles. The predicted molar refractivity (Wildman–Crippen MR) is 193 cm³/mol. The van der Waals surface area contributed by atoms with Crippen LogP contribution in [0.15, 0.2) is 95.0 Å². The number of fused-ring (bicyclic) bond motifs is 1. The molecule has 10 nitrogen and oxygen atoms in total. The van der Waals surface area contributed by atoms with E-state index >= 15 is 0 Å². The van der Waals surface area contributed by atoms with Gasteiger partial charge in [0.25, 0.3) is 11.8 Å². The predicted octanol–water partition coefficient (Wildman–Crippen LogP) is 6.86. The Balaban J connectivity index is 0.00000523. The normalized spacial score (nSPS) is 13.2. The van der Waals surface area contributed by atoms with E-state index < -0.39 is 35.0 Å². The van der Waals surface area contributed by atoms with E-state index in [1.165, 1.54) is 37.4 Å². The van der Waals surface area contributed by atoms with Gasteiger partial charge < -0.3 is 14.6 Å². The molecule has 262 valence electrons. The average Bonchev–Trinajstić information content (AvgIpc) is 3.52. The van der Waals surface area contributed by atoms with Crippen molar-refractivity contribution in [3.63, 3.8) is 0 Å². The summed E-state index contributed by atoms with van der Waals surface area (Å²) in [6.45, 7) is -0.716. The number of hydrogen-bond donors (Lipinski definition) is 1. The van der Waals surface area contributed by atoms with Gasteiger partial charge in [-0.3, -0.25) is 18.9 Å². The van der Waals surface area contributed by atoms with E-state index in [2.05, 4.69) is 16.4 Å². The van der Waals surface area contributed by atoms with Gasteiger partial charge in [-0.15, -0.1) is 0 Å². The Kier molecular flexibility index (Phi) is 9.97. The Labute approximate surface area is 295 Å². The Bertz CT molecular complexity index is 2310. The average molecular weight is 712 g/mol. The highest BCUT2D eigenvalue weighted by atomic mass is 32.2. The van der Waals surface area contributed by atoms with E-state index in [0.717, 1.165) is 16.1 Å². The number of rotatable bonds is 9. The summed E-state index contributed by atoms with van der Waals surface area (Å²) in [5.41, 5.74) is 3.88. The van der Waals surface area contributed by atoms with Crippen LogP contribution < -0.4 is 9.62 Å². The summed E-state index contributed by atoms with van der Waals surface area (Å²) in [4.78, 5) is 33.1. The van der Waals surface area contributed by atoms with Crippen molar-refractivity contribution in [2.24, 2.45) is 0 Å². The zero-order chi connectivity index (χ0) is 36.3. The van der Waals surface area contributed by atoms with Crippen LogP contribution in [-0.2, 0) is 10.0 Å². The number of nitriles is 1. The molecule has 0 saturated carbocycles. The number of aromatic nitrogens is 1. The number of benzene rings is 3. The van der Waals surface area contributed by atoms with Crippen molar-refractivity contribution in [1.82, 2.24) is 15.2 Å². The number of allylic oxidation sites excluding steroid dienone is 1. The fraction of sp³-hybridized carbons (Fsp3) is 0.211. The molecule has 2 amide bonds. The second kappa shape index (κ2) is 14.5. The van der Waals surface area contributed by atoms with Crippen LogP contribution in [0.2, 0.25) is 0 Å². The topological polar surface area (TPSA) is 137 Å². The maximum absolute atomic E-state index is 13.9. The lowest BCUT2D eigenvalue weighted by Crippen LogP contribution is -2.36. The molecule has 51 heavy (non-hydrogen) atoms. The minimum absolute atomic E-state index is 0. The van der Waals surface area contributed by atoms with Gasteiger partial charge >= 0.3 is 0 Å². The first-order valence-electron chi connectivity index (χ1n) is 16.1. The second-order valence-electron chi connectivity index (χ2n) is 12.0. The zero-order valence-corrected chi connectivity index (χ0v) is 28.6. The Hall–Kier alpha value is -5.87. The number of pyridine rings is 1. The monoisotopic (exact) mass is 711 g/mol. The number of nitrogens with zero attached hydrogens (tertiary/aromatic N) is 4. The van der Waals surface area contributed by atoms with Crippen molar-refractivity contribution < 1.29 is 32.6 Å². The number of carbonyl (C=O) groups excluding carboxylic acids is 2. The molecule has 5 aromatic rings. The van der Waals surface area contributed by atoms with E-state index in [1.807, 2.05) is 6.07 Å². The molecule has 1 aliphatic heterocycles. The van der Waals surface area contributed by atoms with Crippen molar-refractivity contribution in [3.05, 3.63) is 113 Å². The Morgan fingerprint density at radius 3 is 2.41 bits per heavy atom. The van der Waals surface area contributed by atoms with Crippen LogP contribution in [-0.4, -0.2) is 69.7 Å². The number of sulfonamides is 1. The highest BCUT2D eigenvalue weighted by molar-refractivity contribution is 7.92. The van der Waals surface area contributed by atoms with Gasteiger partial charge in [-0.05, 0) is 78.6 Å². The molecule has 6 rings (SSSR count). The van der Waals surface area contributed by atoms with Crippen LogP contribution in [0.3, 0.4) is 0 Å². The molecule has 0 bridgehead atoms. The number of anilines is 1. The van der Waals surface area contributed by atoms with Gasteiger partial charge in [-0.2, -0.15) is 5.26 Å². The van der Waals surface area contributed by atoms with E-state index in [-0.39, 0.29) is 29.9 Å². The Morgan fingerprint density at radius 1 is 1.04 bits per heavy atom. The fourth-order valence-electron chi connectivity index (χ4n) is 6.33. The quantitative estimate of drug-likeness (QED) is 0.165. The van der Waals surface area contributed by atoms with Crippen molar-refractivity contribution in [2.45, 2.75) is 12.8 Å². The fourth-order valence-corrected chi connectivity index (χ4v) is 7.24. The minimum atomic E-state index is -4.01. The molecule has 0 radical (unpaired) electrons. The maximum Gasteiger partial charge on any atom is 0.255 e. The molecule has 0 spiro atoms. The number of amides is 2. The molecule has 1 aliphatic rings. The second-order valence-corrected chi connectivity index (χ2v) is 13.9. The molecular weight excluding hydrogens is 677 g/mol. The Morgan fingerprint density at radius 2 is 1.78 bits per heavy atom. The van der Waals surface area contributed by atoms with Gasteiger partial charge in [0, 0.05) is 55.9 Å². The molecule has 3 aromatic carbocycles. The van der Waals surface area contributed by atoms with Crippen molar-refractivity contribution >= 4 is 44.1 Å². The third-order valence-corrected chi connectivity index (χ3v) is 9.96. The van der Waals surface area contributed by atoms with Gasteiger partial charge in [0.15, 0.2) is 0 Å². The van der Waals surface area contributed by atoms with Crippen LogP contribution in [0.1, 0.15) is 40.7 Å². The van der Waals surface area contributed by atoms with E-state index in [1.54, 1.807) is 53.6 Å². The van der Waals surface area contributed by atoms with Crippen LogP contribution in [0.5, 0.6) is 0 Å². The van der Waals surface area contributed by atoms with E-state index in [0.29, 0.717) is 64.8 Å². The molecule has 1 N–H and O–H groups in total. The van der Waals surface area contributed by atoms with Gasteiger partial charge in [-0.1, -0.05) is 18.2 Å². The third kappa shape index (κ3) is 7.09. The van der Waals surface area contributed by atoms with Crippen LogP contribution in [0.25, 0.3) is 39.0 Å². The molecule has 0 atom stereocenters. The summed E-state index contributed by atoms with van der Waals surface area (Å²) in [6.07, 6.45) is 3.59. The van der Waals surface area contributed by atoms with Gasteiger partial charge in [-0.25, -0.2) is 17.2 Å². The molecule has 13 heteroatoms. The maximum atomic E-state index is 13.9. The first kappa shape index (κ1) is 35.0. The van der Waals surface area contributed by atoms with Crippen LogP contribution >= 0.6 is 0 Å². The van der Waals surface area contributed by atoms with Gasteiger partial charge in [0.2, 0.25) is 10.0 Å². The minimum Gasteiger partial charge on any atom is -0.455 e. The van der Waals surface area contributed by atoms with Crippen molar-refractivity contribution in [2.75, 3.05) is 43.9 Å². The standard InChI is InChI=1S/C38H33F2N5O5S.H2/c1-42-37(46)35-30-21-29(33(45(19-15-39)51(2,48)49)22-34(30)50-36(35)25-9-11-28(40)12-10-25)26-6-5-7-27(20-26)38(47)44-17-13-24(14-18-44)31(23-41)32-8-3-4-16-43-32;/h3-12,16,20-22H,13-15,17-19H2,1-2H3,(H,42,46);1H. The zero-order valence-electron chi connectivity index (χ0n) is 27.8. The highest BCUT2D eigenvalue weighted by Crippen LogP contribution is 2.42.